The van der Waals surface area contributed by atoms with Crippen LogP contribution in [0.15, 0.2) is 48.7 Å². The molecule has 2 heterocycles. The topological polar surface area (TPSA) is 68.5 Å². The van der Waals surface area contributed by atoms with E-state index in [0.717, 1.165) is 18.8 Å². The maximum Gasteiger partial charge on any atom is 0.321 e. The number of benzene rings is 1. The van der Waals surface area contributed by atoms with Gasteiger partial charge in [-0.1, -0.05) is 12.1 Å². The Bertz CT molecular complexity index is 725. The molecule has 1 fully saturated rings. The molecule has 0 unspecified atom stereocenters. The van der Waals surface area contributed by atoms with E-state index in [4.69, 9.17) is 4.74 Å². The van der Waals surface area contributed by atoms with Gasteiger partial charge in [0.15, 0.2) is 6.20 Å². The molecule has 1 aliphatic heterocycles. The zero-order chi connectivity index (χ0) is 17.1. The number of amides is 1. The van der Waals surface area contributed by atoms with Crippen LogP contribution in [0.1, 0.15) is 24.3 Å². The van der Waals surface area contributed by atoms with Crippen molar-refractivity contribution in [3.05, 3.63) is 59.6 Å². The van der Waals surface area contributed by atoms with Crippen molar-refractivity contribution < 1.29 is 14.3 Å². The van der Waals surface area contributed by atoms with Crippen molar-refractivity contribution >= 4 is 17.3 Å². The Hall–Kier alpha value is -2.60. The van der Waals surface area contributed by atoms with Crippen molar-refractivity contribution in [3.63, 3.8) is 0 Å². The number of hydrogen-bond donors (Lipinski definition) is 1. The maximum atomic E-state index is 12.4. The van der Waals surface area contributed by atoms with Crippen molar-refractivity contribution in [1.29, 1.82) is 0 Å². The first-order valence-electron chi connectivity index (χ1n) is 8.03. The number of nitrogens with zero attached hydrogens (tertiary/aromatic N) is 2. The molecule has 0 saturated carbocycles. The predicted molar refractivity (Wildman–Crippen MR) is 92.0 cm³/mol. The number of carbonyl (C=O) groups excluding carboxylic acids is 1. The summed E-state index contributed by atoms with van der Waals surface area (Å²) in [6, 6.07) is 12.4. The van der Waals surface area contributed by atoms with E-state index in [1.165, 1.54) is 12.3 Å². The molecule has 1 aromatic heterocycles. The van der Waals surface area contributed by atoms with Gasteiger partial charge in [0.05, 0.1) is 23.6 Å². The molecule has 0 radical (unpaired) electrons. The van der Waals surface area contributed by atoms with E-state index in [9.17, 15) is 10.0 Å². The summed E-state index contributed by atoms with van der Waals surface area (Å²) in [5.41, 5.74) is 1.69. The molecule has 0 spiro atoms. The smallest absolute Gasteiger partial charge is 0.321 e. The molecule has 126 valence electrons. The monoisotopic (exact) mass is 327 g/mol. The summed E-state index contributed by atoms with van der Waals surface area (Å²) >= 11 is 0. The fourth-order valence-corrected chi connectivity index (χ4v) is 3.02. The van der Waals surface area contributed by atoms with Crippen LogP contribution in [-0.2, 0) is 4.74 Å². The van der Waals surface area contributed by atoms with Crippen molar-refractivity contribution in [3.8, 4) is 0 Å². The van der Waals surface area contributed by atoms with Gasteiger partial charge in [0.2, 0.25) is 0 Å². The molecule has 2 atom stereocenters. The molecule has 2 aromatic rings. The molecule has 24 heavy (non-hydrogen) atoms. The molecular weight excluding hydrogens is 306 g/mol. The molecule has 1 amide bonds. The van der Waals surface area contributed by atoms with Crippen LogP contribution in [0.2, 0.25) is 0 Å². The summed E-state index contributed by atoms with van der Waals surface area (Å²) in [6.45, 7) is 5.58. The van der Waals surface area contributed by atoms with Gasteiger partial charge in [-0.05, 0) is 32.0 Å². The SMILES string of the molecule is C[C@@H]1CN(c2ccccc2NC(=O)c2cccc[n+]2[O-])C[C@@H](C)O1. The van der Waals surface area contributed by atoms with Gasteiger partial charge in [0, 0.05) is 25.2 Å². The van der Waals surface area contributed by atoms with E-state index in [-0.39, 0.29) is 17.9 Å². The number of hydrogen-bond acceptors (Lipinski definition) is 4. The van der Waals surface area contributed by atoms with Crippen LogP contribution >= 0.6 is 0 Å². The second-order valence-corrected chi connectivity index (χ2v) is 6.05. The van der Waals surface area contributed by atoms with E-state index in [1.54, 1.807) is 12.1 Å². The quantitative estimate of drug-likeness (QED) is 0.693. The highest BCUT2D eigenvalue weighted by atomic mass is 16.5. The second kappa shape index (κ2) is 6.88. The lowest BCUT2D eigenvalue weighted by molar-refractivity contribution is -0.607. The summed E-state index contributed by atoms with van der Waals surface area (Å²) in [5.74, 6) is -0.424. The third-order valence-corrected chi connectivity index (χ3v) is 3.97. The molecule has 1 N–H and O–H groups in total. The van der Waals surface area contributed by atoms with Crippen molar-refractivity contribution in [2.24, 2.45) is 0 Å². The van der Waals surface area contributed by atoms with Gasteiger partial charge in [0.1, 0.15) is 0 Å². The van der Waals surface area contributed by atoms with Gasteiger partial charge in [-0.3, -0.25) is 4.79 Å². The van der Waals surface area contributed by atoms with Crippen molar-refractivity contribution in [2.45, 2.75) is 26.1 Å². The molecule has 0 aliphatic carbocycles. The molecular formula is C18H21N3O3. The number of para-hydroxylation sites is 2. The van der Waals surface area contributed by atoms with Gasteiger partial charge < -0.3 is 20.2 Å². The second-order valence-electron chi connectivity index (χ2n) is 6.05. The van der Waals surface area contributed by atoms with Crippen LogP contribution in [0.5, 0.6) is 0 Å². The third kappa shape index (κ3) is 3.49. The number of aromatic nitrogens is 1. The molecule has 1 saturated heterocycles. The van der Waals surface area contributed by atoms with Crippen molar-refractivity contribution in [1.82, 2.24) is 0 Å². The van der Waals surface area contributed by atoms with Crippen LogP contribution in [-0.4, -0.2) is 31.2 Å². The van der Waals surface area contributed by atoms with Crippen LogP contribution < -0.4 is 14.9 Å². The fraction of sp³-hybridized carbons (Fsp3) is 0.333. The summed E-state index contributed by atoms with van der Waals surface area (Å²) in [7, 11) is 0. The lowest BCUT2D eigenvalue weighted by Gasteiger charge is -2.37. The Kier molecular flexibility index (Phi) is 4.66. The molecule has 6 nitrogen and oxygen atoms in total. The standard InChI is InChI=1S/C18H21N3O3/c1-13-11-20(12-14(2)24-13)16-8-4-3-7-15(16)19-18(22)17-9-5-6-10-21(17)23/h3-10,13-14H,11-12H2,1-2H3,(H,19,22)/t13-,14-/m1/s1. The average Bonchev–Trinajstić information content (AvgIpc) is 2.54. The highest BCUT2D eigenvalue weighted by molar-refractivity contribution is 6.03. The molecule has 1 aromatic carbocycles. The Morgan fingerprint density at radius 1 is 1.17 bits per heavy atom. The molecule has 3 rings (SSSR count). The minimum absolute atomic E-state index is 0.0658. The number of morpholine rings is 1. The van der Waals surface area contributed by atoms with E-state index >= 15 is 0 Å². The zero-order valence-corrected chi connectivity index (χ0v) is 13.8. The largest absolute Gasteiger partial charge is 0.618 e. The summed E-state index contributed by atoms with van der Waals surface area (Å²) in [4.78, 5) is 14.6. The minimum Gasteiger partial charge on any atom is -0.618 e. The Morgan fingerprint density at radius 2 is 1.83 bits per heavy atom. The lowest BCUT2D eigenvalue weighted by atomic mass is 10.1. The van der Waals surface area contributed by atoms with Gasteiger partial charge >= 0.3 is 5.91 Å². The molecule has 0 bridgehead atoms. The van der Waals surface area contributed by atoms with E-state index in [2.05, 4.69) is 10.2 Å². The highest BCUT2D eigenvalue weighted by Crippen LogP contribution is 2.28. The normalized spacial score (nSPS) is 20.7. The third-order valence-electron chi connectivity index (χ3n) is 3.97. The number of ether oxygens (including phenoxy) is 1. The van der Waals surface area contributed by atoms with Gasteiger partial charge in [-0.2, -0.15) is 4.73 Å². The number of rotatable bonds is 3. The van der Waals surface area contributed by atoms with Crippen LogP contribution in [0.3, 0.4) is 0 Å². The molecule has 6 heteroatoms. The first-order chi connectivity index (χ1) is 11.5. The van der Waals surface area contributed by atoms with Gasteiger partial charge in [-0.25, -0.2) is 0 Å². The Balaban J connectivity index is 1.84. The lowest BCUT2D eigenvalue weighted by Crippen LogP contribution is -2.45. The predicted octanol–water partition coefficient (Wildman–Crippen LogP) is 2.19. The fourth-order valence-electron chi connectivity index (χ4n) is 3.02. The van der Waals surface area contributed by atoms with Crippen LogP contribution in [0.25, 0.3) is 0 Å². The number of carbonyl (C=O) groups is 1. The highest BCUT2D eigenvalue weighted by Gasteiger charge is 2.25. The zero-order valence-electron chi connectivity index (χ0n) is 13.8. The Morgan fingerprint density at radius 3 is 2.54 bits per heavy atom. The number of nitrogens with one attached hydrogen (secondary N) is 1. The van der Waals surface area contributed by atoms with E-state index in [1.807, 2.05) is 38.1 Å². The Labute approximate surface area is 141 Å². The average molecular weight is 327 g/mol. The maximum absolute atomic E-state index is 12.4. The first kappa shape index (κ1) is 16.3. The van der Waals surface area contributed by atoms with Crippen LogP contribution in [0, 0.1) is 5.21 Å². The molecule has 1 aliphatic rings. The first-order valence-corrected chi connectivity index (χ1v) is 8.03. The number of pyridine rings is 1. The van der Waals surface area contributed by atoms with E-state index < -0.39 is 5.91 Å². The summed E-state index contributed by atoms with van der Waals surface area (Å²) in [5, 5.41) is 14.6. The van der Waals surface area contributed by atoms with Crippen LogP contribution in [0.4, 0.5) is 11.4 Å². The van der Waals surface area contributed by atoms with Gasteiger partial charge in [0.25, 0.3) is 5.69 Å². The van der Waals surface area contributed by atoms with Crippen molar-refractivity contribution in [2.75, 3.05) is 23.3 Å². The summed E-state index contributed by atoms with van der Waals surface area (Å²) < 4.78 is 6.34. The number of anilines is 2. The minimum atomic E-state index is -0.424. The van der Waals surface area contributed by atoms with Gasteiger partial charge in [-0.15, -0.1) is 0 Å². The van der Waals surface area contributed by atoms with E-state index in [0.29, 0.717) is 10.4 Å². The summed E-state index contributed by atoms with van der Waals surface area (Å²) in [6.07, 6.45) is 1.55.